The zero-order chi connectivity index (χ0) is 23.3. The lowest BCUT2D eigenvalue weighted by Gasteiger charge is -2.43. The van der Waals surface area contributed by atoms with Crippen molar-refractivity contribution < 1.29 is 38.0 Å². The van der Waals surface area contributed by atoms with Crippen LogP contribution in [0.4, 0.5) is 0 Å². The molecule has 1 heterocycles. The number of hydrogen-bond donors (Lipinski definition) is 0. The quantitative estimate of drug-likeness (QED) is 0.468. The maximum Gasteiger partial charge on any atom is 0.303 e. The largest absolute Gasteiger partial charge is 0.493 e. The van der Waals surface area contributed by atoms with E-state index in [9.17, 15) is 9.59 Å². The molecule has 0 spiro atoms. The summed E-state index contributed by atoms with van der Waals surface area (Å²) in [5, 5.41) is 0. The normalized spacial score (nSPS) is 32.3. The molecule has 8 nitrogen and oxygen atoms in total. The van der Waals surface area contributed by atoms with Crippen LogP contribution in [0.15, 0.2) is 36.6 Å². The van der Waals surface area contributed by atoms with Crippen molar-refractivity contribution in [2.24, 2.45) is 11.3 Å². The second-order valence-electron chi connectivity index (χ2n) is 8.36. The molecule has 1 aliphatic heterocycles. The van der Waals surface area contributed by atoms with Crippen LogP contribution in [0, 0.1) is 11.3 Å². The highest BCUT2D eigenvalue weighted by Gasteiger charge is 2.74. The molecule has 1 fully saturated rings. The monoisotopic (exact) mass is 444 g/mol. The molecule has 0 unspecified atom stereocenters. The zero-order valence-corrected chi connectivity index (χ0v) is 18.9. The summed E-state index contributed by atoms with van der Waals surface area (Å²) in [6.07, 6.45) is 3.11. The van der Waals surface area contributed by atoms with E-state index in [1.807, 2.05) is 19.1 Å². The lowest BCUT2D eigenvalue weighted by atomic mass is 9.69. The molecule has 32 heavy (non-hydrogen) atoms. The lowest BCUT2D eigenvalue weighted by molar-refractivity contribution is -0.181. The van der Waals surface area contributed by atoms with Gasteiger partial charge < -0.3 is 28.4 Å². The fraction of sp³-hybridized carbons (Fsp3) is 0.500. The van der Waals surface area contributed by atoms with Gasteiger partial charge in [0.15, 0.2) is 22.9 Å². The van der Waals surface area contributed by atoms with Gasteiger partial charge >= 0.3 is 5.97 Å². The van der Waals surface area contributed by atoms with Crippen LogP contribution in [-0.2, 0) is 23.8 Å². The smallest absolute Gasteiger partial charge is 0.303 e. The van der Waals surface area contributed by atoms with Crippen LogP contribution in [0.3, 0.4) is 0 Å². The van der Waals surface area contributed by atoms with E-state index in [0.29, 0.717) is 23.7 Å². The van der Waals surface area contributed by atoms with E-state index in [0.717, 1.165) is 5.56 Å². The van der Waals surface area contributed by atoms with Crippen molar-refractivity contribution in [3.05, 3.63) is 42.2 Å². The highest BCUT2D eigenvalue weighted by Crippen LogP contribution is 2.65. The second-order valence-corrected chi connectivity index (χ2v) is 8.36. The molecule has 1 saturated carbocycles. The van der Waals surface area contributed by atoms with Crippen LogP contribution >= 0.6 is 0 Å². The molecule has 2 aliphatic carbocycles. The molecular weight excluding hydrogens is 416 g/mol. The van der Waals surface area contributed by atoms with Crippen molar-refractivity contribution in [1.29, 1.82) is 0 Å². The van der Waals surface area contributed by atoms with Gasteiger partial charge in [0.1, 0.15) is 6.10 Å². The average molecular weight is 444 g/mol. The van der Waals surface area contributed by atoms with Crippen LogP contribution < -0.4 is 14.2 Å². The first-order chi connectivity index (χ1) is 15.3. The van der Waals surface area contributed by atoms with Crippen LogP contribution in [0.2, 0.25) is 0 Å². The maximum absolute atomic E-state index is 13.8. The number of ether oxygens (including phenoxy) is 6. The maximum atomic E-state index is 13.8. The Kier molecular flexibility index (Phi) is 5.45. The number of benzene rings is 1. The molecule has 1 aromatic carbocycles. The average Bonchev–Trinajstić information content (AvgIpc) is 3.30. The summed E-state index contributed by atoms with van der Waals surface area (Å²) in [5.74, 6) is 0.123. The van der Waals surface area contributed by atoms with Crippen molar-refractivity contribution in [1.82, 2.24) is 0 Å². The summed E-state index contributed by atoms with van der Waals surface area (Å²) in [6.45, 7) is 7.34. The number of Topliss-reactive ketones (excluding diaryl/α,β-unsaturated/α-hetero) is 1. The van der Waals surface area contributed by atoms with Crippen molar-refractivity contribution in [3.8, 4) is 17.2 Å². The first-order valence-corrected chi connectivity index (χ1v) is 10.4. The van der Waals surface area contributed by atoms with E-state index in [1.54, 1.807) is 19.3 Å². The Labute approximate surface area is 187 Å². The molecule has 1 aromatic rings. The van der Waals surface area contributed by atoms with Gasteiger partial charge in [-0.15, -0.1) is 6.58 Å². The van der Waals surface area contributed by atoms with Gasteiger partial charge in [-0.05, 0) is 36.1 Å². The SMILES string of the molecule is C=CC[C@@]12C=C(OC)C(=O)[C@@](OC)([C@H](c3cc(OC)c4c(c3)OCO4)[C@H]1C)[C@H]2OC(C)=O. The van der Waals surface area contributed by atoms with E-state index in [-0.39, 0.29) is 24.3 Å². The van der Waals surface area contributed by atoms with Gasteiger partial charge in [-0.3, -0.25) is 9.59 Å². The van der Waals surface area contributed by atoms with Crippen LogP contribution in [0.25, 0.3) is 0 Å². The summed E-state index contributed by atoms with van der Waals surface area (Å²) < 4.78 is 34.0. The zero-order valence-electron chi connectivity index (χ0n) is 18.9. The van der Waals surface area contributed by atoms with Crippen LogP contribution in [0.1, 0.15) is 31.7 Å². The van der Waals surface area contributed by atoms with E-state index < -0.39 is 29.0 Å². The first kappa shape index (κ1) is 22.2. The molecule has 172 valence electrons. The molecule has 0 radical (unpaired) electrons. The number of carbonyl (C=O) groups is 2. The van der Waals surface area contributed by atoms with Gasteiger partial charge in [-0.2, -0.15) is 0 Å². The Bertz CT molecular complexity index is 998. The Balaban J connectivity index is 2.00. The molecule has 0 saturated heterocycles. The van der Waals surface area contributed by atoms with Gasteiger partial charge in [0, 0.05) is 25.4 Å². The third-order valence-electron chi connectivity index (χ3n) is 7.05. The summed E-state index contributed by atoms with van der Waals surface area (Å²) in [4.78, 5) is 26.0. The van der Waals surface area contributed by atoms with E-state index in [4.69, 9.17) is 28.4 Å². The van der Waals surface area contributed by atoms with E-state index in [2.05, 4.69) is 6.58 Å². The summed E-state index contributed by atoms with van der Waals surface area (Å²) in [7, 11) is 4.45. The molecule has 0 aromatic heterocycles. The second kappa shape index (κ2) is 7.85. The van der Waals surface area contributed by atoms with Crippen molar-refractivity contribution in [2.45, 2.75) is 37.9 Å². The number of hydrogen-bond acceptors (Lipinski definition) is 8. The van der Waals surface area contributed by atoms with Gasteiger partial charge in [0.2, 0.25) is 18.3 Å². The fourth-order valence-electron chi connectivity index (χ4n) is 5.76. The van der Waals surface area contributed by atoms with Crippen molar-refractivity contribution >= 4 is 11.8 Å². The number of methoxy groups -OCH3 is 3. The minimum Gasteiger partial charge on any atom is -0.493 e. The summed E-state index contributed by atoms with van der Waals surface area (Å²) in [6, 6.07) is 3.65. The Morgan fingerprint density at radius 3 is 2.59 bits per heavy atom. The van der Waals surface area contributed by atoms with Crippen LogP contribution in [-0.4, -0.2) is 51.6 Å². The predicted octanol–water partition coefficient (Wildman–Crippen LogP) is 3.15. The number of fused-ring (bicyclic) bond motifs is 3. The van der Waals surface area contributed by atoms with Crippen LogP contribution in [0.5, 0.6) is 17.2 Å². The molecule has 8 heteroatoms. The molecule has 3 aliphatic rings. The molecule has 5 atom stereocenters. The number of allylic oxidation sites excluding steroid dienone is 1. The summed E-state index contributed by atoms with van der Waals surface area (Å²) >= 11 is 0. The minimum absolute atomic E-state index is 0.0789. The van der Waals surface area contributed by atoms with Gasteiger partial charge in [0.25, 0.3) is 0 Å². The molecule has 4 rings (SSSR count). The minimum atomic E-state index is -1.51. The third kappa shape index (κ3) is 2.78. The molecule has 0 amide bonds. The van der Waals surface area contributed by atoms with Crippen molar-refractivity contribution in [2.75, 3.05) is 28.1 Å². The Hall–Kier alpha value is -3.00. The van der Waals surface area contributed by atoms with Crippen molar-refractivity contribution in [3.63, 3.8) is 0 Å². The fourth-order valence-corrected chi connectivity index (χ4v) is 5.76. The topological polar surface area (TPSA) is 89.5 Å². The van der Waals surface area contributed by atoms with Gasteiger partial charge in [0.05, 0.1) is 14.2 Å². The highest BCUT2D eigenvalue weighted by atomic mass is 16.7. The predicted molar refractivity (Wildman–Crippen MR) is 114 cm³/mol. The number of carbonyl (C=O) groups excluding carboxylic acids is 2. The number of rotatable bonds is 7. The molecular formula is C24H28O8. The Morgan fingerprint density at radius 1 is 1.25 bits per heavy atom. The van der Waals surface area contributed by atoms with Gasteiger partial charge in [-0.25, -0.2) is 0 Å². The first-order valence-electron chi connectivity index (χ1n) is 10.4. The summed E-state index contributed by atoms with van der Waals surface area (Å²) in [5.41, 5.74) is -1.52. The Morgan fingerprint density at radius 2 is 2.00 bits per heavy atom. The number of esters is 1. The number of ketones is 1. The highest BCUT2D eigenvalue weighted by molar-refractivity contribution is 6.04. The third-order valence-corrected chi connectivity index (χ3v) is 7.05. The van der Waals surface area contributed by atoms with Gasteiger partial charge in [-0.1, -0.05) is 13.0 Å². The van der Waals surface area contributed by atoms with E-state index in [1.165, 1.54) is 21.1 Å². The lowest BCUT2D eigenvalue weighted by Crippen LogP contribution is -2.59. The van der Waals surface area contributed by atoms with E-state index >= 15 is 0 Å². The standard InChI is InChI=1S/C24H28O8/c1-7-8-23-11-18(28-5)21(26)24(29-6,22(23)32-14(3)25)19(13(23)2)15-9-16(27-4)20-17(10-15)30-12-31-20/h7,9-11,13,19,22H,1,8,12H2,2-6H3/t13-,19+,22+,23-,24+/m1/s1. The molecule has 2 bridgehead atoms. The molecule has 0 N–H and O–H groups in total.